The average Bonchev–Trinajstić information content (AvgIpc) is 2.27. The maximum atomic E-state index is 11.6. The Labute approximate surface area is 99.7 Å². The van der Waals surface area contributed by atoms with E-state index in [9.17, 15) is 14.4 Å². The van der Waals surface area contributed by atoms with Crippen LogP contribution in [0.2, 0.25) is 0 Å². The van der Waals surface area contributed by atoms with Crippen LogP contribution in [0.1, 0.15) is 20.3 Å². The number of imide groups is 1. The van der Waals surface area contributed by atoms with Crippen LogP contribution >= 0.6 is 0 Å². The fourth-order valence-corrected chi connectivity index (χ4v) is 1.93. The molecule has 0 radical (unpaired) electrons. The van der Waals surface area contributed by atoms with Gasteiger partial charge in [-0.05, 0) is 6.42 Å². The Balaban J connectivity index is 2.69. The van der Waals surface area contributed by atoms with Crippen molar-refractivity contribution in [1.82, 2.24) is 15.6 Å². The van der Waals surface area contributed by atoms with E-state index in [1.165, 1.54) is 0 Å². The van der Waals surface area contributed by atoms with Crippen molar-refractivity contribution in [2.45, 2.75) is 26.3 Å². The third-order valence-corrected chi connectivity index (χ3v) is 2.84. The van der Waals surface area contributed by atoms with Crippen LogP contribution in [0.5, 0.6) is 0 Å². The normalized spacial score (nSPS) is 23.1. The zero-order chi connectivity index (χ0) is 13.0. The molecule has 7 nitrogen and oxygen atoms in total. The Morgan fingerprint density at radius 1 is 1.65 bits per heavy atom. The molecule has 1 rings (SSSR count). The van der Waals surface area contributed by atoms with Crippen molar-refractivity contribution in [3.8, 4) is 0 Å². The molecule has 17 heavy (non-hydrogen) atoms. The first-order valence-corrected chi connectivity index (χ1v) is 5.57. The highest BCUT2D eigenvalue weighted by Crippen LogP contribution is 2.11. The summed E-state index contributed by atoms with van der Waals surface area (Å²) in [6, 6.07) is -0.360. The number of nitrogens with one attached hydrogen (secondary N) is 2. The van der Waals surface area contributed by atoms with E-state index in [0.717, 1.165) is 0 Å². The Morgan fingerprint density at radius 2 is 2.29 bits per heavy atom. The maximum absolute atomic E-state index is 11.6. The van der Waals surface area contributed by atoms with Gasteiger partial charge >= 0.3 is 0 Å². The first-order valence-electron chi connectivity index (χ1n) is 5.57. The lowest BCUT2D eigenvalue weighted by atomic mass is 10.1. The highest BCUT2D eigenvalue weighted by Gasteiger charge is 2.33. The molecule has 1 heterocycles. The number of nitrogens with two attached hydrogens (primary N) is 1. The molecule has 0 aliphatic carbocycles. The summed E-state index contributed by atoms with van der Waals surface area (Å²) in [5.41, 5.74) is 2.06. The second-order valence-electron chi connectivity index (χ2n) is 4.18. The van der Waals surface area contributed by atoms with E-state index in [4.69, 9.17) is 5.84 Å². The van der Waals surface area contributed by atoms with Gasteiger partial charge in [-0.15, -0.1) is 0 Å². The second kappa shape index (κ2) is 5.74. The largest absolute Gasteiger partial charge is 0.294 e. The van der Waals surface area contributed by atoms with Crippen LogP contribution in [0.15, 0.2) is 0 Å². The molecule has 4 N–H and O–H groups in total. The van der Waals surface area contributed by atoms with Gasteiger partial charge in [0.1, 0.15) is 0 Å². The van der Waals surface area contributed by atoms with E-state index in [0.29, 0.717) is 13.0 Å². The minimum Gasteiger partial charge on any atom is -0.294 e. The summed E-state index contributed by atoms with van der Waals surface area (Å²) < 4.78 is 0. The van der Waals surface area contributed by atoms with Gasteiger partial charge in [0.15, 0.2) is 0 Å². The molecule has 0 aromatic carbocycles. The first-order chi connectivity index (χ1) is 7.99. The lowest BCUT2D eigenvalue weighted by Crippen LogP contribution is -2.59. The van der Waals surface area contributed by atoms with Crippen molar-refractivity contribution >= 4 is 17.7 Å². The summed E-state index contributed by atoms with van der Waals surface area (Å²) in [6.07, 6.45) is 0.593. The minimum atomic E-state index is -0.368. The highest BCUT2D eigenvalue weighted by molar-refractivity contribution is 6.01. The van der Waals surface area contributed by atoms with Crippen LogP contribution in [0.3, 0.4) is 0 Å². The van der Waals surface area contributed by atoms with Crippen LogP contribution in [-0.2, 0) is 14.4 Å². The molecule has 0 aromatic rings. The van der Waals surface area contributed by atoms with Crippen molar-refractivity contribution in [2.75, 3.05) is 13.1 Å². The molecular weight excluding hydrogens is 224 g/mol. The van der Waals surface area contributed by atoms with Gasteiger partial charge in [-0.25, -0.2) is 5.84 Å². The number of hydrogen-bond acceptors (Lipinski definition) is 5. The molecule has 1 aliphatic heterocycles. The van der Waals surface area contributed by atoms with Crippen molar-refractivity contribution in [3.63, 3.8) is 0 Å². The van der Waals surface area contributed by atoms with Gasteiger partial charge in [0.05, 0.1) is 12.6 Å². The SMILES string of the molecule is CCC1C(=O)NC(=O)CN1CC(C)C(=O)NN. The molecule has 0 bridgehead atoms. The fraction of sp³-hybridized carbons (Fsp3) is 0.700. The Morgan fingerprint density at radius 3 is 2.82 bits per heavy atom. The Hall–Kier alpha value is -1.47. The lowest BCUT2D eigenvalue weighted by molar-refractivity contribution is -0.141. The number of hydrazine groups is 1. The fourth-order valence-electron chi connectivity index (χ4n) is 1.93. The molecule has 1 fully saturated rings. The summed E-state index contributed by atoms with van der Waals surface area (Å²) in [6.45, 7) is 4.03. The second-order valence-corrected chi connectivity index (χ2v) is 4.18. The van der Waals surface area contributed by atoms with E-state index in [2.05, 4.69) is 10.7 Å². The molecule has 3 amide bonds. The number of carbonyl (C=O) groups excluding carboxylic acids is 3. The quantitative estimate of drug-likeness (QED) is 0.237. The molecule has 7 heteroatoms. The van der Waals surface area contributed by atoms with Crippen molar-refractivity contribution in [1.29, 1.82) is 0 Å². The Kier molecular flexibility index (Phi) is 4.59. The topological polar surface area (TPSA) is 105 Å². The summed E-state index contributed by atoms with van der Waals surface area (Å²) in [7, 11) is 0. The van der Waals surface area contributed by atoms with Crippen molar-refractivity contribution in [3.05, 3.63) is 0 Å². The van der Waals surface area contributed by atoms with Gasteiger partial charge in [-0.1, -0.05) is 13.8 Å². The molecule has 0 aromatic heterocycles. The van der Waals surface area contributed by atoms with Gasteiger partial charge in [-0.2, -0.15) is 0 Å². The van der Waals surface area contributed by atoms with Crippen molar-refractivity contribution in [2.24, 2.45) is 11.8 Å². The average molecular weight is 242 g/mol. The van der Waals surface area contributed by atoms with E-state index in [1.807, 2.05) is 6.92 Å². The minimum absolute atomic E-state index is 0.131. The summed E-state index contributed by atoms with van der Waals surface area (Å²) in [5, 5.41) is 2.28. The highest BCUT2D eigenvalue weighted by atomic mass is 16.2. The Bertz CT molecular complexity index is 332. The van der Waals surface area contributed by atoms with E-state index >= 15 is 0 Å². The summed E-state index contributed by atoms with van der Waals surface area (Å²) in [4.78, 5) is 35.8. The van der Waals surface area contributed by atoms with Gasteiger partial charge in [0.2, 0.25) is 17.7 Å². The molecule has 0 saturated carbocycles. The lowest BCUT2D eigenvalue weighted by Gasteiger charge is -2.34. The summed E-state index contributed by atoms with van der Waals surface area (Å²) in [5.74, 6) is 3.73. The zero-order valence-electron chi connectivity index (χ0n) is 10.0. The number of carbonyl (C=O) groups is 3. The van der Waals surface area contributed by atoms with Gasteiger partial charge in [0, 0.05) is 12.5 Å². The van der Waals surface area contributed by atoms with Crippen LogP contribution in [-0.4, -0.2) is 41.8 Å². The first kappa shape index (κ1) is 13.6. The smallest absolute Gasteiger partial charge is 0.243 e. The zero-order valence-corrected chi connectivity index (χ0v) is 10.0. The van der Waals surface area contributed by atoms with Gasteiger partial charge in [0.25, 0.3) is 0 Å². The molecule has 96 valence electrons. The van der Waals surface area contributed by atoms with Crippen LogP contribution in [0.4, 0.5) is 0 Å². The third kappa shape index (κ3) is 3.24. The number of nitrogens with zero attached hydrogens (tertiary/aromatic N) is 1. The van der Waals surface area contributed by atoms with Crippen LogP contribution < -0.4 is 16.6 Å². The summed E-state index contributed by atoms with van der Waals surface area (Å²) >= 11 is 0. The van der Waals surface area contributed by atoms with E-state index < -0.39 is 0 Å². The molecule has 1 aliphatic rings. The number of hydrogen-bond donors (Lipinski definition) is 3. The van der Waals surface area contributed by atoms with Crippen molar-refractivity contribution < 1.29 is 14.4 Å². The van der Waals surface area contributed by atoms with Gasteiger partial charge < -0.3 is 0 Å². The standard InChI is InChI=1S/C10H18N4O3/c1-3-7-10(17)12-8(15)5-14(7)4-6(2)9(16)13-11/h6-7H,3-5,11H2,1-2H3,(H,13,16)(H,12,15,17). The van der Waals surface area contributed by atoms with E-state index in [1.54, 1.807) is 11.8 Å². The monoisotopic (exact) mass is 242 g/mol. The predicted molar refractivity (Wildman–Crippen MR) is 60.3 cm³/mol. The maximum Gasteiger partial charge on any atom is 0.243 e. The van der Waals surface area contributed by atoms with Crippen LogP contribution in [0.25, 0.3) is 0 Å². The van der Waals surface area contributed by atoms with Gasteiger partial charge in [-0.3, -0.25) is 30.0 Å². The molecular formula is C10H18N4O3. The number of rotatable bonds is 4. The predicted octanol–water partition coefficient (Wildman–Crippen LogP) is -1.65. The third-order valence-electron chi connectivity index (χ3n) is 2.84. The number of piperazine rings is 1. The molecule has 0 spiro atoms. The molecule has 2 atom stereocenters. The van der Waals surface area contributed by atoms with Crippen LogP contribution in [0, 0.1) is 5.92 Å². The van der Waals surface area contributed by atoms with E-state index in [-0.39, 0.29) is 36.2 Å². The molecule has 2 unspecified atom stereocenters. The number of amides is 3. The molecule has 1 saturated heterocycles.